The molecule has 3 rings (SSSR count). The molecule has 5 nitrogen and oxygen atoms in total. The molecule has 0 atom stereocenters. The van der Waals surface area contributed by atoms with E-state index in [1.54, 1.807) is 36.4 Å². The molecule has 0 aromatic heterocycles. The van der Waals surface area contributed by atoms with E-state index in [0.717, 1.165) is 5.56 Å². The average molecular weight is 432 g/mol. The standard InChI is InChI=1S/C25H25N3O2S/c1-25(2,3)18-15-13-17(14-16-18)22(29)28-24(31)27-21-12-8-7-11-20(21)23(30)26-19-9-5-4-6-10-19/h4-16H,1-3H3,(H,26,30)(H2,27,28,29,31). The van der Waals surface area contributed by atoms with E-state index in [1.807, 2.05) is 42.5 Å². The van der Waals surface area contributed by atoms with Crippen LogP contribution in [0, 0.1) is 0 Å². The molecule has 31 heavy (non-hydrogen) atoms. The Hall–Kier alpha value is -3.51. The number of hydrogen-bond donors (Lipinski definition) is 3. The highest BCUT2D eigenvalue weighted by Gasteiger charge is 2.16. The summed E-state index contributed by atoms with van der Waals surface area (Å²) in [6.07, 6.45) is 0. The molecule has 158 valence electrons. The van der Waals surface area contributed by atoms with Crippen molar-refractivity contribution in [2.75, 3.05) is 10.6 Å². The van der Waals surface area contributed by atoms with Crippen molar-refractivity contribution in [3.63, 3.8) is 0 Å². The van der Waals surface area contributed by atoms with Gasteiger partial charge in [0, 0.05) is 11.3 Å². The quantitative estimate of drug-likeness (QED) is 0.486. The maximum Gasteiger partial charge on any atom is 0.257 e. The first-order valence-electron chi connectivity index (χ1n) is 9.92. The van der Waals surface area contributed by atoms with Gasteiger partial charge >= 0.3 is 0 Å². The van der Waals surface area contributed by atoms with Gasteiger partial charge in [0.25, 0.3) is 11.8 Å². The maximum atomic E-state index is 12.7. The summed E-state index contributed by atoms with van der Waals surface area (Å²) in [5.74, 6) is -0.592. The number of amides is 2. The molecule has 6 heteroatoms. The van der Waals surface area contributed by atoms with Crippen molar-refractivity contribution in [1.29, 1.82) is 0 Å². The average Bonchev–Trinajstić information content (AvgIpc) is 2.74. The van der Waals surface area contributed by atoms with Gasteiger partial charge in [-0.2, -0.15) is 0 Å². The number of carbonyl (C=O) groups excluding carboxylic acids is 2. The van der Waals surface area contributed by atoms with E-state index in [2.05, 4.69) is 36.7 Å². The van der Waals surface area contributed by atoms with Gasteiger partial charge in [-0.15, -0.1) is 0 Å². The number of thiocarbonyl (C=S) groups is 1. The Bertz CT molecular complexity index is 1090. The van der Waals surface area contributed by atoms with Crippen molar-refractivity contribution in [3.05, 3.63) is 95.6 Å². The third-order valence-electron chi connectivity index (χ3n) is 4.69. The molecule has 3 N–H and O–H groups in total. The van der Waals surface area contributed by atoms with Crippen LogP contribution in [-0.2, 0) is 5.41 Å². The van der Waals surface area contributed by atoms with Gasteiger partial charge < -0.3 is 10.6 Å². The van der Waals surface area contributed by atoms with E-state index < -0.39 is 0 Å². The predicted molar refractivity (Wildman–Crippen MR) is 130 cm³/mol. The lowest BCUT2D eigenvalue weighted by Crippen LogP contribution is -2.34. The van der Waals surface area contributed by atoms with E-state index in [0.29, 0.717) is 22.5 Å². The minimum Gasteiger partial charge on any atom is -0.332 e. The Kier molecular flexibility index (Phi) is 6.82. The van der Waals surface area contributed by atoms with E-state index >= 15 is 0 Å². The molecular weight excluding hydrogens is 406 g/mol. The molecule has 0 fully saturated rings. The SMILES string of the molecule is CC(C)(C)c1ccc(C(=O)NC(=S)Nc2ccccc2C(=O)Nc2ccccc2)cc1. The predicted octanol–water partition coefficient (Wildman–Crippen LogP) is 5.36. The fourth-order valence-corrected chi connectivity index (χ4v) is 3.16. The monoisotopic (exact) mass is 431 g/mol. The molecule has 2 amide bonds. The molecule has 0 unspecified atom stereocenters. The number of benzene rings is 3. The third kappa shape index (κ3) is 5.99. The molecule has 0 aliphatic heterocycles. The number of para-hydroxylation sites is 2. The van der Waals surface area contributed by atoms with Gasteiger partial charge in [0.05, 0.1) is 11.3 Å². The molecule has 0 bridgehead atoms. The first kappa shape index (κ1) is 22.2. The van der Waals surface area contributed by atoms with Crippen molar-refractivity contribution in [2.24, 2.45) is 0 Å². The molecule has 0 spiro atoms. The highest BCUT2D eigenvalue weighted by molar-refractivity contribution is 7.80. The van der Waals surface area contributed by atoms with Gasteiger partial charge in [-0.05, 0) is 59.6 Å². The number of nitrogens with one attached hydrogen (secondary N) is 3. The summed E-state index contributed by atoms with van der Waals surface area (Å²) < 4.78 is 0. The van der Waals surface area contributed by atoms with Crippen molar-refractivity contribution in [2.45, 2.75) is 26.2 Å². The van der Waals surface area contributed by atoms with Gasteiger partial charge in [-0.1, -0.05) is 63.2 Å². The topological polar surface area (TPSA) is 70.2 Å². The van der Waals surface area contributed by atoms with Crippen LogP contribution in [0.25, 0.3) is 0 Å². The Labute approximate surface area is 187 Å². The zero-order chi connectivity index (χ0) is 22.4. The molecular formula is C25H25N3O2S. The number of carbonyl (C=O) groups is 2. The molecule has 0 saturated heterocycles. The molecule has 0 radical (unpaired) electrons. The zero-order valence-electron chi connectivity index (χ0n) is 17.7. The van der Waals surface area contributed by atoms with Crippen LogP contribution in [0.1, 0.15) is 47.1 Å². The highest BCUT2D eigenvalue weighted by Crippen LogP contribution is 2.22. The van der Waals surface area contributed by atoms with Crippen molar-refractivity contribution in [3.8, 4) is 0 Å². The maximum absolute atomic E-state index is 12.7. The summed E-state index contributed by atoms with van der Waals surface area (Å²) in [5.41, 5.74) is 3.27. The Morgan fingerprint density at radius 3 is 2.00 bits per heavy atom. The second-order valence-electron chi connectivity index (χ2n) is 8.10. The lowest BCUT2D eigenvalue weighted by atomic mass is 9.87. The van der Waals surface area contributed by atoms with E-state index in [4.69, 9.17) is 12.2 Å². The summed E-state index contributed by atoms with van der Waals surface area (Å²) in [4.78, 5) is 25.2. The Morgan fingerprint density at radius 2 is 1.35 bits per heavy atom. The van der Waals surface area contributed by atoms with E-state index in [1.165, 1.54) is 0 Å². The second-order valence-corrected chi connectivity index (χ2v) is 8.51. The number of hydrogen-bond acceptors (Lipinski definition) is 3. The van der Waals surface area contributed by atoms with Gasteiger partial charge in [0.1, 0.15) is 0 Å². The van der Waals surface area contributed by atoms with Crippen molar-refractivity contribution < 1.29 is 9.59 Å². The van der Waals surface area contributed by atoms with Crippen LogP contribution in [-0.4, -0.2) is 16.9 Å². The summed E-state index contributed by atoms with van der Waals surface area (Å²) in [5, 5.41) is 8.58. The summed E-state index contributed by atoms with van der Waals surface area (Å²) in [6.45, 7) is 6.35. The zero-order valence-corrected chi connectivity index (χ0v) is 18.5. The second kappa shape index (κ2) is 9.53. The van der Waals surface area contributed by atoms with Crippen molar-refractivity contribution >= 4 is 40.5 Å². The minimum absolute atomic E-state index is 0.00982. The molecule has 0 aliphatic rings. The van der Waals surface area contributed by atoms with Gasteiger partial charge in [-0.3, -0.25) is 14.9 Å². The van der Waals surface area contributed by atoms with Crippen LogP contribution in [0.15, 0.2) is 78.9 Å². The summed E-state index contributed by atoms with van der Waals surface area (Å²) >= 11 is 5.30. The van der Waals surface area contributed by atoms with Crippen LogP contribution in [0.3, 0.4) is 0 Å². The smallest absolute Gasteiger partial charge is 0.257 e. The summed E-state index contributed by atoms with van der Waals surface area (Å²) in [7, 11) is 0. The van der Waals surface area contributed by atoms with Gasteiger partial charge in [0.15, 0.2) is 5.11 Å². The first-order chi connectivity index (χ1) is 14.7. The molecule has 0 heterocycles. The fraction of sp³-hybridized carbons (Fsp3) is 0.160. The molecule has 0 saturated carbocycles. The lowest BCUT2D eigenvalue weighted by molar-refractivity contribution is 0.0976. The van der Waals surface area contributed by atoms with Crippen LogP contribution >= 0.6 is 12.2 Å². The highest BCUT2D eigenvalue weighted by atomic mass is 32.1. The first-order valence-corrected chi connectivity index (χ1v) is 10.3. The lowest BCUT2D eigenvalue weighted by Gasteiger charge is -2.19. The molecule has 0 aliphatic carbocycles. The third-order valence-corrected chi connectivity index (χ3v) is 4.90. The number of anilines is 2. The normalized spacial score (nSPS) is 10.8. The van der Waals surface area contributed by atoms with Gasteiger partial charge in [0.2, 0.25) is 0 Å². The van der Waals surface area contributed by atoms with Crippen LogP contribution in [0.4, 0.5) is 11.4 Å². The number of rotatable bonds is 4. The van der Waals surface area contributed by atoms with Crippen LogP contribution < -0.4 is 16.0 Å². The van der Waals surface area contributed by atoms with E-state index in [-0.39, 0.29) is 22.3 Å². The molecule has 3 aromatic rings. The minimum atomic E-state index is -0.316. The van der Waals surface area contributed by atoms with Gasteiger partial charge in [-0.25, -0.2) is 0 Å². The Balaban J connectivity index is 1.67. The van der Waals surface area contributed by atoms with Crippen molar-refractivity contribution in [1.82, 2.24) is 5.32 Å². The Morgan fingerprint density at radius 1 is 0.742 bits per heavy atom. The van der Waals surface area contributed by atoms with E-state index in [9.17, 15) is 9.59 Å². The summed E-state index contributed by atoms with van der Waals surface area (Å²) in [6, 6.07) is 23.6. The molecule has 3 aromatic carbocycles. The van der Waals surface area contributed by atoms with Crippen LogP contribution in [0.5, 0.6) is 0 Å². The fourth-order valence-electron chi connectivity index (χ4n) is 2.96. The van der Waals surface area contributed by atoms with Crippen LogP contribution in [0.2, 0.25) is 0 Å². The largest absolute Gasteiger partial charge is 0.332 e.